The van der Waals surface area contributed by atoms with E-state index in [9.17, 15) is 4.79 Å². The molecule has 0 aliphatic rings. The molecule has 0 bridgehead atoms. The van der Waals surface area contributed by atoms with E-state index in [1.165, 1.54) is 5.56 Å². The fraction of sp³-hybridized carbons (Fsp3) is 0.417. The molecule has 0 radical (unpaired) electrons. The van der Waals surface area contributed by atoms with Crippen molar-refractivity contribution in [1.29, 1.82) is 0 Å². The van der Waals surface area contributed by atoms with E-state index in [1.807, 2.05) is 12.1 Å². The van der Waals surface area contributed by atoms with Gasteiger partial charge in [-0.25, -0.2) is 0 Å². The molecule has 5 heteroatoms. The first-order chi connectivity index (χ1) is 8.09. The molecule has 0 saturated heterocycles. The van der Waals surface area contributed by atoms with Crippen molar-refractivity contribution in [1.82, 2.24) is 9.88 Å². The first-order valence-electron chi connectivity index (χ1n) is 5.51. The summed E-state index contributed by atoms with van der Waals surface area (Å²) in [4.78, 5) is 17.7. The molecule has 0 spiro atoms. The molecular formula is C12H17N3OS. The quantitative estimate of drug-likeness (QED) is 0.771. The molecule has 0 aliphatic carbocycles. The van der Waals surface area contributed by atoms with Crippen LogP contribution in [0.4, 0.5) is 0 Å². The second-order valence-corrected chi connectivity index (χ2v) is 4.41. The molecule has 0 fully saturated rings. The van der Waals surface area contributed by atoms with Gasteiger partial charge in [-0.15, -0.1) is 0 Å². The molecule has 1 rings (SSSR count). The van der Waals surface area contributed by atoms with Crippen LogP contribution in [0, 0.1) is 0 Å². The maximum atomic E-state index is 11.7. The molecule has 17 heavy (non-hydrogen) atoms. The average molecular weight is 251 g/mol. The number of nitrogens with zero attached hydrogens (tertiary/aromatic N) is 2. The van der Waals surface area contributed by atoms with Crippen molar-refractivity contribution < 1.29 is 4.79 Å². The number of aromatic nitrogens is 1. The Kier molecular flexibility index (Phi) is 5.56. The summed E-state index contributed by atoms with van der Waals surface area (Å²) in [5.41, 5.74) is 6.53. The van der Waals surface area contributed by atoms with Gasteiger partial charge in [0.15, 0.2) is 0 Å². The van der Waals surface area contributed by atoms with Crippen molar-refractivity contribution in [2.45, 2.75) is 19.3 Å². The number of likely N-dealkylation sites (N-methyl/N-ethyl adjacent to an activating group) is 1. The summed E-state index contributed by atoms with van der Waals surface area (Å²) in [6.45, 7) is 0.695. The normalized spacial score (nSPS) is 9.94. The van der Waals surface area contributed by atoms with Gasteiger partial charge in [0.2, 0.25) is 5.91 Å². The van der Waals surface area contributed by atoms with Gasteiger partial charge in [-0.05, 0) is 24.1 Å². The third-order valence-corrected chi connectivity index (χ3v) is 2.70. The predicted octanol–water partition coefficient (Wildman–Crippen LogP) is 1.15. The van der Waals surface area contributed by atoms with Gasteiger partial charge < -0.3 is 10.6 Å². The fourth-order valence-electron chi connectivity index (χ4n) is 1.39. The number of thiocarbonyl (C=S) groups is 1. The fourth-order valence-corrected chi connectivity index (χ4v) is 1.49. The molecule has 0 aliphatic heterocycles. The lowest BCUT2D eigenvalue weighted by atomic mass is 10.2. The number of nitrogens with two attached hydrogens (primary N) is 1. The van der Waals surface area contributed by atoms with Gasteiger partial charge in [0.05, 0.1) is 4.99 Å². The zero-order valence-electron chi connectivity index (χ0n) is 9.93. The number of hydrogen-bond donors (Lipinski definition) is 1. The van der Waals surface area contributed by atoms with E-state index >= 15 is 0 Å². The summed E-state index contributed by atoms with van der Waals surface area (Å²) in [5.74, 6) is 0.0758. The molecule has 2 N–H and O–H groups in total. The zero-order chi connectivity index (χ0) is 12.7. The number of pyridine rings is 1. The monoisotopic (exact) mass is 251 g/mol. The summed E-state index contributed by atoms with van der Waals surface area (Å²) in [6, 6.07) is 3.90. The smallest absolute Gasteiger partial charge is 0.222 e. The largest absolute Gasteiger partial charge is 0.393 e. The maximum Gasteiger partial charge on any atom is 0.222 e. The minimum absolute atomic E-state index is 0.0758. The summed E-state index contributed by atoms with van der Waals surface area (Å²) in [7, 11) is 1.79. The highest BCUT2D eigenvalue weighted by Gasteiger charge is 2.08. The number of carbonyl (C=O) groups excluding carboxylic acids is 1. The van der Waals surface area contributed by atoms with Crippen LogP contribution in [0.2, 0.25) is 0 Å². The van der Waals surface area contributed by atoms with Gasteiger partial charge in [0.25, 0.3) is 0 Å². The van der Waals surface area contributed by atoms with E-state index in [4.69, 9.17) is 18.0 Å². The SMILES string of the molecule is CN(CCc1ccncc1)C(=O)CCC(N)=S. The molecule has 1 aromatic heterocycles. The standard InChI is InChI=1S/C12H17N3OS/c1-15(12(16)3-2-11(13)17)9-6-10-4-7-14-8-5-10/h4-5,7-8H,2-3,6,9H2,1H3,(H2,13,17). The van der Waals surface area contributed by atoms with Crippen molar-refractivity contribution in [2.75, 3.05) is 13.6 Å². The predicted molar refractivity (Wildman–Crippen MR) is 71.6 cm³/mol. The van der Waals surface area contributed by atoms with Crippen molar-refractivity contribution in [2.24, 2.45) is 5.73 Å². The minimum Gasteiger partial charge on any atom is -0.393 e. The molecule has 1 aromatic rings. The Balaban J connectivity index is 2.31. The Hall–Kier alpha value is -1.49. The summed E-state index contributed by atoms with van der Waals surface area (Å²) < 4.78 is 0. The lowest BCUT2D eigenvalue weighted by molar-refractivity contribution is -0.129. The number of amides is 1. The number of carbonyl (C=O) groups is 1. The summed E-state index contributed by atoms with van der Waals surface area (Å²) in [5, 5.41) is 0. The van der Waals surface area contributed by atoms with E-state index in [1.54, 1.807) is 24.3 Å². The molecule has 0 unspecified atom stereocenters. The molecule has 92 valence electrons. The van der Waals surface area contributed by atoms with Gasteiger partial charge in [0, 0.05) is 38.8 Å². The van der Waals surface area contributed by atoms with Crippen molar-refractivity contribution in [3.8, 4) is 0 Å². The van der Waals surface area contributed by atoms with Gasteiger partial charge >= 0.3 is 0 Å². The first-order valence-corrected chi connectivity index (χ1v) is 5.91. The zero-order valence-corrected chi connectivity index (χ0v) is 10.7. The van der Waals surface area contributed by atoms with Crippen LogP contribution in [0.1, 0.15) is 18.4 Å². The first kappa shape index (κ1) is 13.6. The van der Waals surface area contributed by atoms with Crippen LogP contribution < -0.4 is 5.73 Å². The Bertz CT molecular complexity index is 381. The van der Waals surface area contributed by atoms with Crippen LogP contribution in [0.15, 0.2) is 24.5 Å². The van der Waals surface area contributed by atoms with Gasteiger partial charge in [-0.2, -0.15) is 0 Å². The minimum atomic E-state index is 0.0758. The Morgan fingerprint density at radius 3 is 2.65 bits per heavy atom. The molecule has 0 atom stereocenters. The van der Waals surface area contributed by atoms with E-state index < -0.39 is 0 Å². The van der Waals surface area contributed by atoms with E-state index in [0.29, 0.717) is 24.4 Å². The summed E-state index contributed by atoms with van der Waals surface area (Å²) in [6.07, 6.45) is 5.21. The van der Waals surface area contributed by atoms with Crippen molar-refractivity contribution >= 4 is 23.1 Å². The lowest BCUT2D eigenvalue weighted by Crippen LogP contribution is -2.29. The summed E-state index contributed by atoms with van der Waals surface area (Å²) >= 11 is 4.74. The highest BCUT2D eigenvalue weighted by atomic mass is 32.1. The molecule has 0 aromatic carbocycles. The van der Waals surface area contributed by atoms with Crippen LogP contribution in [0.3, 0.4) is 0 Å². The van der Waals surface area contributed by atoms with Crippen LogP contribution >= 0.6 is 12.2 Å². The number of rotatable bonds is 6. The third kappa shape index (κ3) is 5.40. The van der Waals surface area contributed by atoms with Crippen molar-refractivity contribution in [3.05, 3.63) is 30.1 Å². The molecule has 1 heterocycles. The third-order valence-electron chi connectivity index (χ3n) is 2.50. The van der Waals surface area contributed by atoms with Gasteiger partial charge in [-0.1, -0.05) is 12.2 Å². The van der Waals surface area contributed by atoms with Crippen molar-refractivity contribution in [3.63, 3.8) is 0 Å². The molecular weight excluding hydrogens is 234 g/mol. The van der Waals surface area contributed by atoms with Crippen LogP contribution in [-0.4, -0.2) is 34.4 Å². The van der Waals surface area contributed by atoms with Gasteiger partial charge in [-0.3, -0.25) is 9.78 Å². The van der Waals surface area contributed by atoms with E-state index in [0.717, 1.165) is 6.42 Å². The Morgan fingerprint density at radius 1 is 1.41 bits per heavy atom. The van der Waals surface area contributed by atoms with E-state index in [-0.39, 0.29) is 5.91 Å². The Morgan fingerprint density at radius 2 is 2.06 bits per heavy atom. The maximum absolute atomic E-state index is 11.7. The Labute approximate surface area is 107 Å². The topological polar surface area (TPSA) is 59.2 Å². The van der Waals surface area contributed by atoms with Crippen LogP contribution in [0.5, 0.6) is 0 Å². The van der Waals surface area contributed by atoms with Gasteiger partial charge in [0.1, 0.15) is 0 Å². The van der Waals surface area contributed by atoms with E-state index in [2.05, 4.69) is 4.98 Å². The molecule has 4 nitrogen and oxygen atoms in total. The lowest BCUT2D eigenvalue weighted by Gasteiger charge is -2.16. The second kappa shape index (κ2) is 6.96. The second-order valence-electron chi connectivity index (χ2n) is 3.89. The highest BCUT2D eigenvalue weighted by Crippen LogP contribution is 2.01. The van der Waals surface area contributed by atoms with Crippen LogP contribution in [-0.2, 0) is 11.2 Å². The number of hydrogen-bond acceptors (Lipinski definition) is 3. The molecule has 1 amide bonds. The molecule has 0 saturated carbocycles. The highest BCUT2D eigenvalue weighted by molar-refractivity contribution is 7.80. The van der Waals surface area contributed by atoms with Crippen LogP contribution in [0.25, 0.3) is 0 Å². The average Bonchev–Trinajstić information content (AvgIpc) is 2.34.